The number of esters is 1. The molecule has 116 valence electrons. The second kappa shape index (κ2) is 6.07. The van der Waals surface area contributed by atoms with E-state index in [0.29, 0.717) is 12.3 Å². The van der Waals surface area contributed by atoms with E-state index in [1.54, 1.807) is 43.8 Å². The molecule has 7 nitrogen and oxygen atoms in total. The van der Waals surface area contributed by atoms with E-state index in [1.165, 1.54) is 0 Å². The van der Waals surface area contributed by atoms with Crippen LogP contribution >= 0.6 is 0 Å². The van der Waals surface area contributed by atoms with E-state index in [4.69, 9.17) is 10.3 Å². The van der Waals surface area contributed by atoms with Gasteiger partial charge in [-0.3, -0.25) is 9.48 Å². The first-order chi connectivity index (χ1) is 10.3. The summed E-state index contributed by atoms with van der Waals surface area (Å²) in [6, 6.07) is 5.15. The Morgan fingerprint density at radius 3 is 2.86 bits per heavy atom. The number of hydrogen-bond acceptors (Lipinski definition) is 4. The molecule has 22 heavy (non-hydrogen) atoms. The van der Waals surface area contributed by atoms with E-state index >= 15 is 0 Å². The average molecular weight is 301 g/mol. The van der Waals surface area contributed by atoms with Crippen LogP contribution in [0.4, 0.5) is 0 Å². The summed E-state index contributed by atoms with van der Waals surface area (Å²) in [7, 11) is 0. The van der Waals surface area contributed by atoms with Gasteiger partial charge < -0.3 is 4.74 Å². The standard InChI is InChI=1S/C15H19N5O2/c1-10(18-19-16)9-20-13-7-12(6-5-11(13)8-17-20)22-14(21)15(2,3)4/h5-8,10H,9H2,1-4H3. The maximum atomic E-state index is 12.0. The predicted octanol–water partition coefficient (Wildman–Crippen LogP) is 3.69. The van der Waals surface area contributed by atoms with E-state index in [2.05, 4.69) is 15.1 Å². The van der Waals surface area contributed by atoms with Crippen molar-refractivity contribution in [3.05, 3.63) is 34.8 Å². The molecule has 1 atom stereocenters. The van der Waals surface area contributed by atoms with Gasteiger partial charge in [-0.05, 0) is 38.4 Å². The van der Waals surface area contributed by atoms with Crippen molar-refractivity contribution in [3.63, 3.8) is 0 Å². The Hall–Kier alpha value is -2.53. The molecule has 0 amide bonds. The van der Waals surface area contributed by atoms with Crippen molar-refractivity contribution < 1.29 is 9.53 Å². The summed E-state index contributed by atoms with van der Waals surface area (Å²) in [6.07, 6.45) is 1.73. The van der Waals surface area contributed by atoms with E-state index in [-0.39, 0.29) is 12.0 Å². The van der Waals surface area contributed by atoms with Gasteiger partial charge in [-0.2, -0.15) is 5.10 Å². The van der Waals surface area contributed by atoms with Crippen molar-refractivity contribution in [3.8, 4) is 5.75 Å². The Balaban J connectivity index is 2.29. The van der Waals surface area contributed by atoms with Gasteiger partial charge >= 0.3 is 5.97 Å². The number of ether oxygens (including phenoxy) is 1. The van der Waals surface area contributed by atoms with Crippen LogP contribution < -0.4 is 4.74 Å². The van der Waals surface area contributed by atoms with Crippen molar-refractivity contribution >= 4 is 16.9 Å². The number of benzene rings is 1. The van der Waals surface area contributed by atoms with E-state index in [0.717, 1.165) is 10.9 Å². The average Bonchev–Trinajstić information content (AvgIpc) is 2.80. The fourth-order valence-corrected chi connectivity index (χ4v) is 1.89. The topological polar surface area (TPSA) is 92.9 Å². The van der Waals surface area contributed by atoms with Crippen LogP contribution in [-0.2, 0) is 11.3 Å². The van der Waals surface area contributed by atoms with Gasteiger partial charge in [0, 0.05) is 22.9 Å². The van der Waals surface area contributed by atoms with Gasteiger partial charge in [-0.15, -0.1) is 0 Å². The van der Waals surface area contributed by atoms with E-state index < -0.39 is 5.41 Å². The lowest BCUT2D eigenvalue weighted by Gasteiger charge is -2.16. The summed E-state index contributed by atoms with van der Waals surface area (Å²) in [6.45, 7) is 7.69. The molecule has 0 aliphatic rings. The molecule has 0 fully saturated rings. The highest BCUT2D eigenvalue weighted by atomic mass is 16.5. The minimum atomic E-state index is -0.564. The number of azide groups is 1. The van der Waals surface area contributed by atoms with Crippen molar-refractivity contribution in [2.24, 2.45) is 10.5 Å². The number of fused-ring (bicyclic) bond motifs is 1. The molecule has 0 radical (unpaired) electrons. The summed E-state index contributed by atoms with van der Waals surface area (Å²) < 4.78 is 7.14. The third-order valence-corrected chi connectivity index (χ3v) is 3.13. The molecule has 2 rings (SSSR count). The minimum Gasteiger partial charge on any atom is -0.426 e. The zero-order valence-electron chi connectivity index (χ0n) is 13.1. The first-order valence-electron chi connectivity index (χ1n) is 7.03. The third-order valence-electron chi connectivity index (χ3n) is 3.13. The lowest BCUT2D eigenvalue weighted by molar-refractivity contribution is -0.142. The summed E-state index contributed by atoms with van der Waals surface area (Å²) in [5.74, 6) is 0.186. The number of carbonyl (C=O) groups excluding carboxylic acids is 1. The van der Waals surface area contributed by atoms with Crippen LogP contribution in [0.1, 0.15) is 27.7 Å². The van der Waals surface area contributed by atoms with Gasteiger partial charge in [0.15, 0.2) is 0 Å². The molecule has 0 aliphatic carbocycles. The fraction of sp³-hybridized carbons (Fsp3) is 0.467. The largest absolute Gasteiger partial charge is 0.426 e. The first-order valence-corrected chi connectivity index (χ1v) is 7.03. The molecule has 0 N–H and O–H groups in total. The monoisotopic (exact) mass is 301 g/mol. The van der Waals surface area contributed by atoms with Crippen LogP contribution in [0.25, 0.3) is 21.3 Å². The first kappa shape index (κ1) is 15.9. The molecule has 1 heterocycles. The zero-order chi connectivity index (χ0) is 16.3. The molecule has 0 aliphatic heterocycles. The second-order valence-electron chi connectivity index (χ2n) is 6.24. The van der Waals surface area contributed by atoms with Crippen LogP contribution in [0.5, 0.6) is 5.75 Å². The predicted molar refractivity (Wildman–Crippen MR) is 83.4 cm³/mol. The SMILES string of the molecule is CC(Cn1ncc2ccc(OC(=O)C(C)(C)C)cc21)N=[N+]=[N-]. The summed E-state index contributed by atoms with van der Waals surface area (Å²) in [5.41, 5.74) is 8.74. The maximum absolute atomic E-state index is 12.0. The Morgan fingerprint density at radius 1 is 1.50 bits per heavy atom. The molecule has 0 spiro atoms. The van der Waals surface area contributed by atoms with Crippen molar-refractivity contribution in [2.75, 3.05) is 0 Å². The Bertz CT molecular complexity index is 738. The Kier molecular flexibility index (Phi) is 4.37. The smallest absolute Gasteiger partial charge is 0.316 e. The molecule has 1 aromatic carbocycles. The maximum Gasteiger partial charge on any atom is 0.316 e. The number of nitrogens with zero attached hydrogens (tertiary/aromatic N) is 5. The molecule has 0 saturated heterocycles. The van der Waals surface area contributed by atoms with E-state index in [1.807, 2.05) is 13.0 Å². The summed E-state index contributed by atoms with van der Waals surface area (Å²) in [5, 5.41) is 8.86. The second-order valence-corrected chi connectivity index (χ2v) is 6.24. The number of aromatic nitrogens is 2. The highest BCUT2D eigenvalue weighted by Crippen LogP contribution is 2.24. The fourth-order valence-electron chi connectivity index (χ4n) is 1.89. The van der Waals surface area contributed by atoms with Crippen LogP contribution in [0.2, 0.25) is 0 Å². The Labute approximate surface area is 128 Å². The minimum absolute atomic E-state index is 0.214. The van der Waals surface area contributed by atoms with Crippen LogP contribution in [0.15, 0.2) is 29.5 Å². The molecule has 1 aromatic heterocycles. The number of carbonyl (C=O) groups is 1. The number of hydrogen-bond donors (Lipinski definition) is 0. The molecular formula is C15H19N5O2. The molecule has 0 saturated carbocycles. The van der Waals surface area contributed by atoms with Crippen molar-refractivity contribution in [1.29, 1.82) is 0 Å². The van der Waals surface area contributed by atoms with Gasteiger partial charge in [0.05, 0.1) is 23.2 Å². The summed E-state index contributed by atoms with van der Waals surface area (Å²) >= 11 is 0. The van der Waals surface area contributed by atoms with Gasteiger partial charge in [0.1, 0.15) is 5.75 Å². The zero-order valence-corrected chi connectivity index (χ0v) is 13.1. The van der Waals surface area contributed by atoms with Gasteiger partial charge in [0.2, 0.25) is 0 Å². The van der Waals surface area contributed by atoms with Gasteiger partial charge in [-0.1, -0.05) is 12.0 Å². The molecule has 2 aromatic rings. The van der Waals surface area contributed by atoms with Gasteiger partial charge in [-0.25, -0.2) is 0 Å². The highest BCUT2D eigenvalue weighted by Gasteiger charge is 2.23. The number of rotatable bonds is 4. The van der Waals surface area contributed by atoms with Crippen LogP contribution in [0.3, 0.4) is 0 Å². The Morgan fingerprint density at radius 2 is 2.23 bits per heavy atom. The van der Waals surface area contributed by atoms with E-state index in [9.17, 15) is 4.79 Å². The molecule has 0 bridgehead atoms. The molecule has 1 unspecified atom stereocenters. The molecule has 7 heteroatoms. The normalized spacial score (nSPS) is 12.7. The third kappa shape index (κ3) is 3.56. The lowest BCUT2D eigenvalue weighted by Crippen LogP contribution is -2.25. The van der Waals surface area contributed by atoms with Crippen LogP contribution in [0, 0.1) is 5.41 Å². The lowest BCUT2D eigenvalue weighted by atomic mass is 9.97. The quantitative estimate of drug-likeness (QED) is 0.283. The summed E-state index contributed by atoms with van der Waals surface area (Å²) in [4.78, 5) is 14.8. The van der Waals surface area contributed by atoms with Crippen molar-refractivity contribution in [2.45, 2.75) is 40.3 Å². The van der Waals surface area contributed by atoms with Crippen molar-refractivity contribution in [1.82, 2.24) is 9.78 Å². The molecular weight excluding hydrogens is 282 g/mol. The van der Waals surface area contributed by atoms with Gasteiger partial charge in [0.25, 0.3) is 0 Å². The highest BCUT2D eigenvalue weighted by molar-refractivity contribution is 5.82. The van der Waals surface area contributed by atoms with Crippen LogP contribution in [-0.4, -0.2) is 21.8 Å².